The Hall–Kier alpha value is -1.90. The quantitative estimate of drug-likeness (QED) is 0.760. The molecule has 0 saturated carbocycles. The first kappa shape index (κ1) is 9.65. The summed E-state index contributed by atoms with van der Waals surface area (Å²) in [5.74, 6) is 0. The number of halogens is 1. The third kappa shape index (κ3) is 2.13. The molecule has 0 saturated heterocycles. The molecule has 2 aromatic rings. The van der Waals surface area contributed by atoms with Crippen LogP contribution in [0.2, 0.25) is 0 Å². The van der Waals surface area contributed by atoms with Gasteiger partial charge in [-0.3, -0.25) is 4.98 Å². The molecule has 1 heterocycles. The maximum Gasteiger partial charge on any atom is 0.152 e. The second-order valence-electron chi connectivity index (χ2n) is 3.32. The van der Waals surface area contributed by atoms with Crippen LogP contribution in [0.4, 0.5) is 10.1 Å². The highest BCUT2D eigenvalue weighted by Crippen LogP contribution is 2.26. The monoisotopic (exact) mass is 202 g/mol. The van der Waals surface area contributed by atoms with Crippen molar-refractivity contribution in [3.63, 3.8) is 0 Å². The Morgan fingerprint density at radius 2 is 1.93 bits per heavy atom. The first-order chi connectivity index (χ1) is 7.27. The van der Waals surface area contributed by atoms with E-state index in [-0.39, 0.29) is 0 Å². The van der Waals surface area contributed by atoms with Crippen LogP contribution in [0.25, 0.3) is 0 Å². The van der Waals surface area contributed by atoms with Gasteiger partial charge in [-0.1, -0.05) is 18.2 Å². The van der Waals surface area contributed by atoms with Gasteiger partial charge >= 0.3 is 0 Å². The molecule has 0 bridgehead atoms. The van der Waals surface area contributed by atoms with Crippen LogP contribution < -0.4 is 5.73 Å². The average molecular weight is 202 g/mol. The molecule has 0 spiro atoms. The Balaban J connectivity index is 2.32. The largest absolute Gasteiger partial charge is 0.399 e. The van der Waals surface area contributed by atoms with Crippen molar-refractivity contribution >= 4 is 5.69 Å². The number of aromatic nitrogens is 1. The number of nitrogen functional groups attached to an aromatic ring is 1. The van der Waals surface area contributed by atoms with E-state index in [0.29, 0.717) is 16.8 Å². The van der Waals surface area contributed by atoms with Gasteiger partial charge in [0.15, 0.2) is 6.17 Å². The summed E-state index contributed by atoms with van der Waals surface area (Å²) >= 11 is 0. The lowest BCUT2D eigenvalue weighted by molar-refractivity contribution is 0.401. The van der Waals surface area contributed by atoms with E-state index in [9.17, 15) is 4.39 Å². The molecule has 1 atom stereocenters. The highest BCUT2D eigenvalue weighted by atomic mass is 19.1. The molecule has 2 N–H and O–H groups in total. The summed E-state index contributed by atoms with van der Waals surface area (Å²) in [6.45, 7) is 0. The van der Waals surface area contributed by atoms with Crippen LogP contribution in [0, 0.1) is 0 Å². The Labute approximate surface area is 87.6 Å². The van der Waals surface area contributed by atoms with Gasteiger partial charge in [0, 0.05) is 23.6 Å². The van der Waals surface area contributed by atoms with Crippen molar-refractivity contribution in [3.05, 3.63) is 59.9 Å². The van der Waals surface area contributed by atoms with Crippen LogP contribution in [0.15, 0.2) is 48.8 Å². The van der Waals surface area contributed by atoms with E-state index in [1.807, 2.05) is 0 Å². The Bertz CT molecular complexity index is 442. The third-order valence-corrected chi connectivity index (χ3v) is 2.18. The normalized spacial score (nSPS) is 12.3. The van der Waals surface area contributed by atoms with Crippen molar-refractivity contribution < 1.29 is 4.39 Å². The smallest absolute Gasteiger partial charge is 0.152 e. The molecule has 0 aliphatic heterocycles. The van der Waals surface area contributed by atoms with E-state index >= 15 is 0 Å². The van der Waals surface area contributed by atoms with Gasteiger partial charge in [0.1, 0.15) is 0 Å². The number of alkyl halides is 1. The zero-order valence-corrected chi connectivity index (χ0v) is 8.10. The van der Waals surface area contributed by atoms with Gasteiger partial charge in [-0.25, -0.2) is 4.39 Å². The van der Waals surface area contributed by atoms with Gasteiger partial charge in [0.05, 0.1) is 0 Å². The Morgan fingerprint density at radius 1 is 1.13 bits per heavy atom. The third-order valence-electron chi connectivity index (χ3n) is 2.18. The van der Waals surface area contributed by atoms with Crippen molar-refractivity contribution in [2.45, 2.75) is 6.17 Å². The fourth-order valence-electron chi connectivity index (χ4n) is 1.43. The average Bonchev–Trinajstić information content (AvgIpc) is 2.29. The number of rotatable bonds is 2. The second-order valence-corrected chi connectivity index (χ2v) is 3.32. The van der Waals surface area contributed by atoms with Gasteiger partial charge in [-0.2, -0.15) is 0 Å². The molecule has 0 aliphatic rings. The fraction of sp³-hybridized carbons (Fsp3) is 0.0833. The summed E-state index contributed by atoms with van der Waals surface area (Å²) in [5, 5.41) is 0. The lowest BCUT2D eigenvalue weighted by Crippen LogP contribution is -1.96. The highest BCUT2D eigenvalue weighted by molar-refractivity contribution is 5.43. The number of anilines is 1. The molecule has 2 rings (SSSR count). The molecular weight excluding hydrogens is 191 g/mol. The number of pyridine rings is 1. The van der Waals surface area contributed by atoms with Gasteiger partial charge in [0.25, 0.3) is 0 Å². The summed E-state index contributed by atoms with van der Waals surface area (Å²) in [6.07, 6.45) is 1.98. The Morgan fingerprint density at radius 3 is 2.60 bits per heavy atom. The maximum atomic E-state index is 14.0. The Kier molecular flexibility index (Phi) is 2.63. The lowest BCUT2D eigenvalue weighted by atomic mass is 10.0. The van der Waals surface area contributed by atoms with Crippen LogP contribution in [-0.2, 0) is 0 Å². The van der Waals surface area contributed by atoms with E-state index in [2.05, 4.69) is 4.98 Å². The number of nitrogens with zero attached hydrogens (tertiary/aromatic N) is 1. The van der Waals surface area contributed by atoms with Crippen LogP contribution >= 0.6 is 0 Å². The predicted octanol–water partition coefficient (Wildman–Crippen LogP) is 2.72. The highest BCUT2D eigenvalue weighted by Gasteiger charge is 2.12. The zero-order valence-electron chi connectivity index (χ0n) is 8.10. The zero-order chi connectivity index (χ0) is 10.7. The first-order valence-corrected chi connectivity index (χ1v) is 4.67. The molecule has 76 valence electrons. The molecule has 1 aromatic carbocycles. The molecule has 15 heavy (non-hydrogen) atoms. The fourth-order valence-corrected chi connectivity index (χ4v) is 1.43. The molecule has 1 unspecified atom stereocenters. The summed E-state index contributed by atoms with van der Waals surface area (Å²) in [4.78, 5) is 3.88. The van der Waals surface area contributed by atoms with Gasteiger partial charge < -0.3 is 5.73 Å². The molecular formula is C12H11FN2. The molecule has 0 aliphatic carbocycles. The van der Waals surface area contributed by atoms with Crippen molar-refractivity contribution in [2.24, 2.45) is 0 Å². The minimum atomic E-state index is -1.16. The summed E-state index contributed by atoms with van der Waals surface area (Å²) in [7, 11) is 0. The van der Waals surface area contributed by atoms with Crippen LogP contribution in [-0.4, -0.2) is 4.98 Å². The lowest BCUT2D eigenvalue weighted by Gasteiger charge is -2.08. The number of nitrogens with two attached hydrogens (primary N) is 1. The van der Waals surface area contributed by atoms with E-state index in [0.717, 1.165) is 0 Å². The van der Waals surface area contributed by atoms with Gasteiger partial charge in [-0.15, -0.1) is 0 Å². The summed E-state index contributed by atoms with van der Waals surface area (Å²) in [6, 6.07) is 10.3. The molecule has 0 amide bonds. The van der Waals surface area contributed by atoms with Gasteiger partial charge in [-0.05, 0) is 23.8 Å². The topological polar surface area (TPSA) is 38.9 Å². The van der Waals surface area contributed by atoms with E-state index < -0.39 is 6.17 Å². The number of hydrogen-bond donors (Lipinski definition) is 1. The first-order valence-electron chi connectivity index (χ1n) is 4.67. The number of benzene rings is 1. The van der Waals surface area contributed by atoms with Crippen molar-refractivity contribution in [3.8, 4) is 0 Å². The van der Waals surface area contributed by atoms with E-state index in [1.54, 1.807) is 42.6 Å². The molecule has 3 heteroatoms. The summed E-state index contributed by atoms with van der Waals surface area (Å²) in [5.41, 5.74) is 7.26. The van der Waals surface area contributed by atoms with Crippen LogP contribution in [0.1, 0.15) is 17.3 Å². The minimum Gasteiger partial charge on any atom is -0.399 e. The molecule has 0 fully saturated rings. The SMILES string of the molecule is Nc1cccc(C(F)c2cccnc2)c1. The van der Waals surface area contributed by atoms with Crippen molar-refractivity contribution in [1.29, 1.82) is 0 Å². The standard InChI is InChI=1S/C12H11FN2/c13-12(10-4-2-6-15-8-10)9-3-1-5-11(14)7-9/h1-8,12H,14H2. The number of hydrogen-bond acceptors (Lipinski definition) is 2. The summed E-state index contributed by atoms with van der Waals surface area (Å²) < 4.78 is 14.0. The minimum absolute atomic E-state index is 0.545. The maximum absolute atomic E-state index is 14.0. The van der Waals surface area contributed by atoms with Crippen LogP contribution in [0.3, 0.4) is 0 Å². The van der Waals surface area contributed by atoms with Crippen LogP contribution in [0.5, 0.6) is 0 Å². The molecule has 0 radical (unpaired) electrons. The molecule has 1 aromatic heterocycles. The predicted molar refractivity (Wildman–Crippen MR) is 58.0 cm³/mol. The van der Waals surface area contributed by atoms with E-state index in [1.165, 1.54) is 6.20 Å². The second kappa shape index (κ2) is 4.09. The molecule has 2 nitrogen and oxygen atoms in total. The van der Waals surface area contributed by atoms with Crippen molar-refractivity contribution in [1.82, 2.24) is 4.98 Å². The van der Waals surface area contributed by atoms with Gasteiger partial charge in [0.2, 0.25) is 0 Å². The van der Waals surface area contributed by atoms with Crippen molar-refractivity contribution in [2.75, 3.05) is 5.73 Å². The van der Waals surface area contributed by atoms with E-state index in [4.69, 9.17) is 5.73 Å².